The normalized spacial score (nSPS) is 10.9. The third-order valence-electron chi connectivity index (χ3n) is 5.15. The zero-order chi connectivity index (χ0) is 22.1. The van der Waals surface area contributed by atoms with Crippen molar-refractivity contribution in [2.75, 3.05) is 5.32 Å². The van der Waals surface area contributed by atoms with Gasteiger partial charge in [0.05, 0.1) is 5.69 Å². The fourth-order valence-electron chi connectivity index (χ4n) is 3.18. The molecule has 4 rings (SSSR count). The Balaban J connectivity index is 1.80. The summed E-state index contributed by atoms with van der Waals surface area (Å²) in [6, 6.07) is 18.6. The molecule has 0 saturated heterocycles. The van der Waals surface area contributed by atoms with Crippen molar-refractivity contribution < 1.29 is 4.79 Å². The van der Waals surface area contributed by atoms with E-state index < -0.39 is 5.91 Å². The van der Waals surface area contributed by atoms with Crippen molar-refractivity contribution in [3.05, 3.63) is 93.2 Å². The van der Waals surface area contributed by atoms with Gasteiger partial charge in [0.1, 0.15) is 0 Å². The third kappa shape index (κ3) is 4.33. The third-order valence-corrected chi connectivity index (χ3v) is 5.79. The highest BCUT2D eigenvalue weighted by Gasteiger charge is 2.20. The number of amides is 1. The second kappa shape index (κ2) is 8.53. The molecule has 0 aliphatic heterocycles. The summed E-state index contributed by atoms with van der Waals surface area (Å²) in [5, 5.41) is 8.58. The largest absolute Gasteiger partial charge is 0.319 e. The SMILES string of the molecule is Cc1ccc(-n2nc(C(=O)Nc3cccc(C)c3C)nc2-c2cccc(Cl)c2)cc1Cl. The first kappa shape index (κ1) is 21.1. The summed E-state index contributed by atoms with van der Waals surface area (Å²) < 4.78 is 1.61. The zero-order valence-corrected chi connectivity index (χ0v) is 18.8. The molecule has 0 aliphatic rings. The lowest BCUT2D eigenvalue weighted by molar-refractivity contribution is 0.101. The van der Waals surface area contributed by atoms with E-state index in [1.807, 2.05) is 63.2 Å². The Kier molecular flexibility index (Phi) is 5.81. The summed E-state index contributed by atoms with van der Waals surface area (Å²) >= 11 is 12.5. The number of carbonyl (C=O) groups is 1. The van der Waals surface area contributed by atoms with Crippen molar-refractivity contribution in [2.24, 2.45) is 0 Å². The number of aryl methyl sites for hydroxylation is 2. The average Bonchev–Trinajstić information content (AvgIpc) is 3.19. The number of carbonyl (C=O) groups excluding carboxylic acids is 1. The minimum atomic E-state index is -0.395. The fraction of sp³-hybridized carbons (Fsp3) is 0.125. The zero-order valence-electron chi connectivity index (χ0n) is 17.3. The van der Waals surface area contributed by atoms with Crippen LogP contribution in [0.3, 0.4) is 0 Å². The van der Waals surface area contributed by atoms with Crippen molar-refractivity contribution in [2.45, 2.75) is 20.8 Å². The highest BCUT2D eigenvalue weighted by Crippen LogP contribution is 2.27. The quantitative estimate of drug-likeness (QED) is 0.390. The van der Waals surface area contributed by atoms with Crippen LogP contribution in [0.5, 0.6) is 0 Å². The lowest BCUT2D eigenvalue weighted by Gasteiger charge is -2.08. The lowest BCUT2D eigenvalue weighted by atomic mass is 10.1. The molecule has 5 nitrogen and oxygen atoms in total. The number of nitrogens with one attached hydrogen (secondary N) is 1. The van der Waals surface area contributed by atoms with Gasteiger partial charge >= 0.3 is 0 Å². The smallest absolute Gasteiger partial charge is 0.295 e. The Hall–Kier alpha value is -3.15. The molecule has 0 spiro atoms. The van der Waals surface area contributed by atoms with E-state index in [4.69, 9.17) is 23.2 Å². The summed E-state index contributed by atoms with van der Waals surface area (Å²) in [6.07, 6.45) is 0. The van der Waals surface area contributed by atoms with E-state index in [1.165, 1.54) is 0 Å². The van der Waals surface area contributed by atoms with Gasteiger partial charge in [-0.25, -0.2) is 9.67 Å². The number of nitrogens with zero attached hydrogens (tertiary/aromatic N) is 3. The molecule has 1 aromatic heterocycles. The van der Waals surface area contributed by atoms with E-state index >= 15 is 0 Å². The molecule has 0 bridgehead atoms. The van der Waals surface area contributed by atoms with Crippen LogP contribution < -0.4 is 5.32 Å². The van der Waals surface area contributed by atoms with Crippen LogP contribution in [0.15, 0.2) is 60.7 Å². The Bertz CT molecular complexity index is 1300. The van der Waals surface area contributed by atoms with Crippen LogP contribution in [0.1, 0.15) is 27.3 Å². The first-order valence-corrected chi connectivity index (χ1v) is 10.5. The number of benzene rings is 3. The maximum atomic E-state index is 13.0. The number of aromatic nitrogens is 3. The van der Waals surface area contributed by atoms with Gasteiger partial charge in [0.25, 0.3) is 5.91 Å². The van der Waals surface area contributed by atoms with E-state index in [2.05, 4.69) is 15.4 Å². The fourth-order valence-corrected chi connectivity index (χ4v) is 3.55. The number of hydrogen-bond donors (Lipinski definition) is 1. The van der Waals surface area contributed by atoms with Crippen molar-refractivity contribution in [3.63, 3.8) is 0 Å². The predicted octanol–water partition coefficient (Wildman–Crippen LogP) is 6.42. The van der Waals surface area contributed by atoms with Gasteiger partial charge in [0.2, 0.25) is 5.82 Å². The molecular formula is C24H20Cl2N4O. The molecule has 0 atom stereocenters. The van der Waals surface area contributed by atoms with Crippen molar-refractivity contribution >= 4 is 34.8 Å². The van der Waals surface area contributed by atoms with Gasteiger partial charge in [-0.05, 0) is 67.8 Å². The first-order valence-electron chi connectivity index (χ1n) is 9.70. The highest BCUT2D eigenvalue weighted by atomic mass is 35.5. The van der Waals surface area contributed by atoms with Crippen LogP contribution in [0.25, 0.3) is 17.1 Å². The molecule has 156 valence electrons. The predicted molar refractivity (Wildman–Crippen MR) is 125 cm³/mol. The first-order chi connectivity index (χ1) is 14.8. The maximum absolute atomic E-state index is 13.0. The van der Waals surface area contributed by atoms with E-state index in [9.17, 15) is 4.79 Å². The monoisotopic (exact) mass is 450 g/mol. The van der Waals surface area contributed by atoms with E-state index in [0.29, 0.717) is 21.6 Å². The number of anilines is 1. The van der Waals surface area contributed by atoms with Gasteiger partial charge in [-0.1, -0.05) is 53.5 Å². The standard InChI is InChI=1S/C24H20Cl2N4O/c1-14-6-4-9-21(16(14)3)27-24(31)22-28-23(17-7-5-8-18(25)12-17)30(29-22)19-11-10-15(2)20(26)13-19/h4-13H,1-3H3,(H,27,31). The molecule has 1 heterocycles. The minimum absolute atomic E-state index is 0.0487. The van der Waals surface area contributed by atoms with Gasteiger partial charge in [-0.3, -0.25) is 4.79 Å². The number of hydrogen-bond acceptors (Lipinski definition) is 3. The summed E-state index contributed by atoms with van der Waals surface area (Å²) in [5.74, 6) is 0.148. The van der Waals surface area contributed by atoms with Crippen LogP contribution in [-0.4, -0.2) is 20.7 Å². The average molecular weight is 451 g/mol. The molecule has 4 aromatic rings. The molecule has 1 N–H and O–H groups in total. The van der Waals surface area contributed by atoms with Gasteiger partial charge in [0, 0.05) is 21.3 Å². The molecule has 0 fully saturated rings. The summed E-state index contributed by atoms with van der Waals surface area (Å²) in [7, 11) is 0. The van der Waals surface area contributed by atoms with Crippen LogP contribution in [0, 0.1) is 20.8 Å². The molecule has 31 heavy (non-hydrogen) atoms. The van der Waals surface area contributed by atoms with Crippen LogP contribution in [0.2, 0.25) is 10.0 Å². The molecule has 3 aromatic carbocycles. The van der Waals surface area contributed by atoms with Gasteiger partial charge in [-0.2, -0.15) is 0 Å². The van der Waals surface area contributed by atoms with E-state index in [0.717, 1.165) is 27.9 Å². The van der Waals surface area contributed by atoms with Crippen LogP contribution in [0.4, 0.5) is 5.69 Å². The van der Waals surface area contributed by atoms with E-state index in [-0.39, 0.29) is 5.82 Å². The Morgan fingerprint density at radius 1 is 0.935 bits per heavy atom. The molecule has 1 amide bonds. The van der Waals surface area contributed by atoms with Crippen LogP contribution in [-0.2, 0) is 0 Å². The second-order valence-electron chi connectivity index (χ2n) is 7.32. The minimum Gasteiger partial charge on any atom is -0.319 e. The van der Waals surface area contributed by atoms with Gasteiger partial charge < -0.3 is 5.32 Å². The molecule has 0 aliphatic carbocycles. The Morgan fingerprint density at radius 3 is 2.45 bits per heavy atom. The topological polar surface area (TPSA) is 59.8 Å². The van der Waals surface area contributed by atoms with Gasteiger partial charge in [0.15, 0.2) is 5.82 Å². The van der Waals surface area contributed by atoms with Crippen molar-refractivity contribution in [1.29, 1.82) is 0 Å². The van der Waals surface area contributed by atoms with Crippen LogP contribution >= 0.6 is 23.2 Å². The van der Waals surface area contributed by atoms with Gasteiger partial charge in [-0.15, -0.1) is 5.10 Å². The van der Waals surface area contributed by atoms with E-state index in [1.54, 1.807) is 22.9 Å². The second-order valence-corrected chi connectivity index (χ2v) is 8.16. The lowest BCUT2D eigenvalue weighted by Crippen LogP contribution is -2.15. The molecule has 0 radical (unpaired) electrons. The summed E-state index contributed by atoms with van der Waals surface area (Å²) in [5.41, 5.74) is 5.19. The number of halogens is 2. The maximum Gasteiger partial charge on any atom is 0.295 e. The summed E-state index contributed by atoms with van der Waals surface area (Å²) in [6.45, 7) is 5.88. The summed E-state index contributed by atoms with van der Waals surface area (Å²) in [4.78, 5) is 17.5. The molecule has 0 unspecified atom stereocenters. The Morgan fingerprint density at radius 2 is 1.71 bits per heavy atom. The molecule has 7 heteroatoms. The molecular weight excluding hydrogens is 431 g/mol. The Labute approximate surface area is 190 Å². The van der Waals surface area contributed by atoms with Crippen molar-refractivity contribution in [1.82, 2.24) is 14.8 Å². The molecule has 0 saturated carbocycles. The number of rotatable bonds is 4. The highest BCUT2D eigenvalue weighted by molar-refractivity contribution is 6.31. The van der Waals surface area contributed by atoms with Crippen molar-refractivity contribution in [3.8, 4) is 17.1 Å².